The van der Waals surface area contributed by atoms with Gasteiger partial charge in [0, 0.05) is 25.3 Å². The van der Waals surface area contributed by atoms with Gasteiger partial charge < -0.3 is 15.4 Å². The summed E-state index contributed by atoms with van der Waals surface area (Å²) in [5.74, 6) is -0.928. The summed E-state index contributed by atoms with van der Waals surface area (Å²) in [6.45, 7) is 8.90. The van der Waals surface area contributed by atoms with E-state index in [2.05, 4.69) is 29.4 Å². The first-order valence-corrected chi connectivity index (χ1v) is 8.56. The number of amides is 2. The van der Waals surface area contributed by atoms with E-state index in [9.17, 15) is 9.59 Å². The molecular weight excluding hydrogens is 306 g/mol. The summed E-state index contributed by atoms with van der Waals surface area (Å²) in [6.07, 6.45) is 0.821. The molecule has 6 nitrogen and oxygen atoms in total. The lowest BCUT2D eigenvalue weighted by atomic mass is 10.0. The van der Waals surface area contributed by atoms with Crippen molar-refractivity contribution in [3.63, 3.8) is 0 Å². The maximum Gasteiger partial charge on any atom is 0.313 e. The first kappa shape index (κ1) is 18.4. The van der Waals surface area contributed by atoms with Crippen molar-refractivity contribution >= 4 is 17.5 Å². The Morgan fingerprint density at radius 3 is 2.58 bits per heavy atom. The van der Waals surface area contributed by atoms with Gasteiger partial charge in [0.15, 0.2) is 0 Å². The van der Waals surface area contributed by atoms with Crippen molar-refractivity contribution < 1.29 is 14.3 Å². The second-order valence-corrected chi connectivity index (χ2v) is 6.26. The zero-order chi connectivity index (χ0) is 17.4. The van der Waals surface area contributed by atoms with Crippen molar-refractivity contribution in [3.8, 4) is 0 Å². The van der Waals surface area contributed by atoms with E-state index in [1.54, 1.807) is 0 Å². The highest BCUT2D eigenvalue weighted by atomic mass is 16.5. The number of morpholine rings is 1. The number of carbonyl (C=O) groups is 2. The first-order valence-electron chi connectivity index (χ1n) is 8.56. The summed E-state index contributed by atoms with van der Waals surface area (Å²) >= 11 is 0. The Labute approximate surface area is 143 Å². The highest BCUT2D eigenvalue weighted by molar-refractivity contribution is 6.39. The van der Waals surface area contributed by atoms with Crippen LogP contribution in [0.25, 0.3) is 0 Å². The van der Waals surface area contributed by atoms with E-state index < -0.39 is 11.8 Å². The maximum absolute atomic E-state index is 12.0. The molecule has 1 saturated heterocycles. The molecule has 2 amide bonds. The van der Waals surface area contributed by atoms with Gasteiger partial charge >= 0.3 is 11.8 Å². The van der Waals surface area contributed by atoms with E-state index >= 15 is 0 Å². The Morgan fingerprint density at radius 2 is 1.88 bits per heavy atom. The number of rotatable bonds is 6. The normalized spacial score (nSPS) is 15.3. The van der Waals surface area contributed by atoms with Gasteiger partial charge in [0.2, 0.25) is 0 Å². The molecule has 0 aliphatic carbocycles. The minimum absolute atomic E-state index is 0.276. The molecule has 1 aromatic rings. The monoisotopic (exact) mass is 333 g/mol. The average Bonchev–Trinajstić information content (AvgIpc) is 2.59. The minimum Gasteiger partial charge on any atom is -0.379 e. The summed E-state index contributed by atoms with van der Waals surface area (Å²) in [5.41, 5.74) is 1.71. The van der Waals surface area contributed by atoms with Crippen LogP contribution in [0.1, 0.15) is 31.7 Å². The number of para-hydroxylation sites is 1. The lowest BCUT2D eigenvalue weighted by molar-refractivity contribution is -0.136. The van der Waals surface area contributed by atoms with Crippen LogP contribution in [0.5, 0.6) is 0 Å². The molecule has 0 atom stereocenters. The molecule has 0 bridgehead atoms. The number of hydrogen-bond donors (Lipinski definition) is 2. The fraction of sp³-hybridized carbons (Fsp3) is 0.556. The minimum atomic E-state index is -0.616. The molecule has 0 spiro atoms. The molecule has 1 aliphatic heterocycles. The molecule has 0 saturated carbocycles. The fourth-order valence-corrected chi connectivity index (χ4v) is 2.70. The molecule has 0 radical (unpaired) electrons. The van der Waals surface area contributed by atoms with Crippen LogP contribution < -0.4 is 10.6 Å². The van der Waals surface area contributed by atoms with Gasteiger partial charge in [-0.3, -0.25) is 14.5 Å². The predicted molar refractivity (Wildman–Crippen MR) is 94.0 cm³/mol. The van der Waals surface area contributed by atoms with E-state index in [0.717, 1.165) is 44.8 Å². The van der Waals surface area contributed by atoms with Crippen LogP contribution in [0.3, 0.4) is 0 Å². The largest absolute Gasteiger partial charge is 0.379 e. The van der Waals surface area contributed by atoms with Crippen LogP contribution in [-0.4, -0.2) is 56.1 Å². The van der Waals surface area contributed by atoms with Gasteiger partial charge in [0.1, 0.15) is 0 Å². The molecule has 1 heterocycles. The van der Waals surface area contributed by atoms with Gasteiger partial charge in [0.05, 0.1) is 13.2 Å². The highest BCUT2D eigenvalue weighted by Crippen LogP contribution is 2.23. The number of ether oxygens (including phenoxy) is 1. The molecule has 1 fully saturated rings. The van der Waals surface area contributed by atoms with Crippen LogP contribution in [0.2, 0.25) is 0 Å². The summed E-state index contributed by atoms with van der Waals surface area (Å²) in [6, 6.07) is 7.55. The van der Waals surface area contributed by atoms with Gasteiger partial charge in [-0.2, -0.15) is 0 Å². The Hall–Kier alpha value is -1.92. The summed E-state index contributed by atoms with van der Waals surface area (Å²) < 4.78 is 5.29. The predicted octanol–water partition coefficient (Wildman–Crippen LogP) is 1.59. The molecule has 6 heteroatoms. The van der Waals surface area contributed by atoms with Gasteiger partial charge in [-0.05, 0) is 30.5 Å². The number of nitrogens with zero attached hydrogens (tertiary/aromatic N) is 1. The lowest BCUT2D eigenvalue weighted by Gasteiger charge is -2.26. The summed E-state index contributed by atoms with van der Waals surface area (Å²) in [7, 11) is 0. The topological polar surface area (TPSA) is 70.7 Å². The standard InChI is InChI=1S/C18H27N3O3/c1-14(2)15-6-3-4-7-16(15)20-18(23)17(22)19-8-5-9-21-10-12-24-13-11-21/h3-4,6-7,14H,5,8-13H2,1-2H3,(H,19,22)(H,20,23). The van der Waals surface area contributed by atoms with E-state index in [1.165, 1.54) is 0 Å². The third-order valence-electron chi connectivity index (χ3n) is 4.08. The number of hydrogen-bond acceptors (Lipinski definition) is 4. The Morgan fingerprint density at radius 1 is 1.17 bits per heavy atom. The van der Waals surface area contributed by atoms with Crippen molar-refractivity contribution in [2.24, 2.45) is 0 Å². The number of benzene rings is 1. The molecule has 1 aromatic carbocycles. The second-order valence-electron chi connectivity index (χ2n) is 6.26. The van der Waals surface area contributed by atoms with Crippen LogP contribution in [0.15, 0.2) is 24.3 Å². The molecule has 1 aliphatic rings. The van der Waals surface area contributed by atoms with Crippen LogP contribution in [0.4, 0.5) is 5.69 Å². The van der Waals surface area contributed by atoms with Crippen molar-refractivity contribution in [2.45, 2.75) is 26.2 Å². The molecule has 24 heavy (non-hydrogen) atoms. The van der Waals surface area contributed by atoms with E-state index in [0.29, 0.717) is 12.2 Å². The van der Waals surface area contributed by atoms with Crippen molar-refractivity contribution in [1.82, 2.24) is 10.2 Å². The fourth-order valence-electron chi connectivity index (χ4n) is 2.70. The van der Waals surface area contributed by atoms with Crippen molar-refractivity contribution in [3.05, 3.63) is 29.8 Å². The van der Waals surface area contributed by atoms with Crippen molar-refractivity contribution in [1.29, 1.82) is 0 Å². The number of anilines is 1. The lowest BCUT2D eigenvalue weighted by Crippen LogP contribution is -2.39. The molecule has 2 N–H and O–H groups in total. The maximum atomic E-state index is 12.0. The summed E-state index contributed by atoms with van der Waals surface area (Å²) in [5, 5.41) is 5.39. The van der Waals surface area contributed by atoms with Gasteiger partial charge in [0.25, 0.3) is 0 Å². The van der Waals surface area contributed by atoms with E-state index in [4.69, 9.17) is 4.74 Å². The van der Waals surface area contributed by atoms with Crippen LogP contribution in [0, 0.1) is 0 Å². The first-order chi connectivity index (χ1) is 11.6. The summed E-state index contributed by atoms with van der Waals surface area (Å²) in [4.78, 5) is 26.3. The van der Waals surface area contributed by atoms with E-state index in [1.807, 2.05) is 24.3 Å². The number of carbonyl (C=O) groups excluding carboxylic acids is 2. The highest BCUT2D eigenvalue weighted by Gasteiger charge is 2.16. The Balaban J connectivity index is 1.73. The van der Waals surface area contributed by atoms with Crippen molar-refractivity contribution in [2.75, 3.05) is 44.7 Å². The zero-order valence-corrected chi connectivity index (χ0v) is 14.5. The SMILES string of the molecule is CC(C)c1ccccc1NC(=O)C(=O)NCCCN1CCOCC1. The second kappa shape index (κ2) is 9.39. The molecular formula is C18H27N3O3. The van der Waals surface area contributed by atoms with Crippen LogP contribution >= 0.6 is 0 Å². The Kier molecular flexibility index (Phi) is 7.21. The molecule has 2 rings (SSSR count). The van der Waals surface area contributed by atoms with Gasteiger partial charge in [-0.15, -0.1) is 0 Å². The molecule has 132 valence electrons. The molecule has 0 unspecified atom stereocenters. The van der Waals surface area contributed by atoms with Crippen LogP contribution in [-0.2, 0) is 14.3 Å². The smallest absolute Gasteiger partial charge is 0.313 e. The molecule has 0 aromatic heterocycles. The number of nitrogens with one attached hydrogen (secondary N) is 2. The third-order valence-corrected chi connectivity index (χ3v) is 4.08. The average molecular weight is 333 g/mol. The Bertz CT molecular complexity index is 554. The quantitative estimate of drug-likeness (QED) is 0.613. The third kappa shape index (κ3) is 5.62. The van der Waals surface area contributed by atoms with Gasteiger partial charge in [-0.1, -0.05) is 32.0 Å². The van der Waals surface area contributed by atoms with Gasteiger partial charge in [-0.25, -0.2) is 0 Å². The zero-order valence-electron chi connectivity index (χ0n) is 14.5. The van der Waals surface area contributed by atoms with E-state index in [-0.39, 0.29) is 5.92 Å².